The van der Waals surface area contributed by atoms with Crippen molar-refractivity contribution in [3.8, 4) is 0 Å². The Kier molecular flexibility index (Phi) is 3.96. The van der Waals surface area contributed by atoms with Crippen molar-refractivity contribution in [3.05, 3.63) is 0 Å². The van der Waals surface area contributed by atoms with Gasteiger partial charge < -0.3 is 5.11 Å². The maximum atomic E-state index is 11.6. The van der Waals surface area contributed by atoms with Crippen LogP contribution in [0.25, 0.3) is 0 Å². The van der Waals surface area contributed by atoms with Gasteiger partial charge in [-0.15, -0.1) is 0 Å². The second-order valence-corrected chi connectivity index (χ2v) is 7.90. The topological polar surface area (TPSA) is 74.7 Å². The Morgan fingerprint density at radius 3 is 2.67 bits per heavy atom. The summed E-state index contributed by atoms with van der Waals surface area (Å²) >= 11 is 0. The first-order valence-corrected chi connectivity index (χ1v) is 8.37. The summed E-state index contributed by atoms with van der Waals surface area (Å²) < 4.78 is 23.3. The molecule has 2 fully saturated rings. The minimum atomic E-state index is -3.06. The Hall–Kier alpha value is -0.620. The van der Waals surface area contributed by atoms with E-state index >= 15 is 0 Å². The number of carboxylic acids is 1. The van der Waals surface area contributed by atoms with Crippen LogP contribution in [0.2, 0.25) is 0 Å². The highest BCUT2D eigenvalue weighted by molar-refractivity contribution is 7.91. The summed E-state index contributed by atoms with van der Waals surface area (Å²) in [4.78, 5) is 13.0. The number of rotatable bonds is 3. The predicted molar refractivity (Wildman–Crippen MR) is 68.2 cm³/mol. The van der Waals surface area contributed by atoms with Gasteiger partial charge in [0.25, 0.3) is 0 Å². The van der Waals surface area contributed by atoms with Crippen LogP contribution in [0.3, 0.4) is 0 Å². The molecule has 2 rings (SSSR count). The Labute approximate surface area is 108 Å². The summed E-state index contributed by atoms with van der Waals surface area (Å²) in [5, 5.41) is 8.93. The maximum Gasteiger partial charge on any atom is 0.304 e. The summed E-state index contributed by atoms with van der Waals surface area (Å²) in [6.07, 6.45) is 3.23. The molecule has 0 amide bonds. The van der Waals surface area contributed by atoms with E-state index in [4.69, 9.17) is 5.11 Å². The molecule has 6 heteroatoms. The van der Waals surface area contributed by atoms with Crippen LogP contribution in [0.1, 0.15) is 32.6 Å². The highest BCUT2D eigenvalue weighted by atomic mass is 32.2. The van der Waals surface area contributed by atoms with Gasteiger partial charge in [-0.3, -0.25) is 9.69 Å². The third-order valence-electron chi connectivity index (χ3n) is 4.12. The van der Waals surface area contributed by atoms with Crippen molar-refractivity contribution in [2.75, 3.05) is 18.1 Å². The summed E-state index contributed by atoms with van der Waals surface area (Å²) in [6.45, 7) is 2.70. The zero-order valence-electron chi connectivity index (χ0n) is 10.7. The van der Waals surface area contributed by atoms with E-state index in [0.29, 0.717) is 18.5 Å². The number of hydrogen-bond donors (Lipinski definition) is 1. The first kappa shape index (κ1) is 13.8. The average molecular weight is 275 g/mol. The molecule has 2 aliphatic rings. The Morgan fingerprint density at radius 1 is 1.39 bits per heavy atom. The molecule has 18 heavy (non-hydrogen) atoms. The molecule has 3 unspecified atom stereocenters. The van der Waals surface area contributed by atoms with Crippen LogP contribution in [0.5, 0.6) is 0 Å². The molecular weight excluding hydrogens is 254 g/mol. The molecule has 0 bridgehead atoms. The lowest BCUT2D eigenvalue weighted by molar-refractivity contribution is -0.138. The number of carbonyl (C=O) groups is 1. The number of sulfone groups is 1. The third-order valence-corrected chi connectivity index (χ3v) is 5.82. The van der Waals surface area contributed by atoms with E-state index < -0.39 is 15.8 Å². The fourth-order valence-corrected chi connectivity index (χ4v) is 4.79. The first-order chi connectivity index (χ1) is 8.37. The van der Waals surface area contributed by atoms with E-state index in [1.807, 2.05) is 0 Å². The molecule has 1 saturated carbocycles. The van der Waals surface area contributed by atoms with Crippen molar-refractivity contribution < 1.29 is 18.3 Å². The monoisotopic (exact) mass is 275 g/mol. The lowest BCUT2D eigenvalue weighted by atomic mass is 10.1. The van der Waals surface area contributed by atoms with Crippen LogP contribution in [-0.4, -0.2) is 54.5 Å². The fraction of sp³-hybridized carbons (Fsp3) is 0.917. The van der Waals surface area contributed by atoms with Gasteiger partial charge in [-0.2, -0.15) is 0 Å². The predicted octanol–water partition coefficient (Wildman–Crippen LogP) is 0.749. The van der Waals surface area contributed by atoms with Crippen molar-refractivity contribution in [3.63, 3.8) is 0 Å². The second-order valence-electron chi connectivity index (χ2n) is 5.68. The summed E-state index contributed by atoms with van der Waals surface area (Å²) in [7, 11) is -3.06. The van der Waals surface area contributed by atoms with Crippen molar-refractivity contribution in [2.24, 2.45) is 5.92 Å². The number of carboxylic acid groups (broad SMARTS) is 1. The van der Waals surface area contributed by atoms with Gasteiger partial charge >= 0.3 is 5.97 Å². The van der Waals surface area contributed by atoms with Crippen LogP contribution in [0.4, 0.5) is 0 Å². The molecule has 0 aromatic heterocycles. The van der Waals surface area contributed by atoms with Gasteiger partial charge in [-0.05, 0) is 25.2 Å². The van der Waals surface area contributed by atoms with E-state index in [2.05, 4.69) is 11.8 Å². The SMILES string of the molecule is CC1CCC(N2CCS(=O)(=O)CC2CC(=O)O)C1. The second kappa shape index (κ2) is 5.17. The number of aliphatic carboxylic acids is 1. The quantitative estimate of drug-likeness (QED) is 0.822. The maximum absolute atomic E-state index is 11.6. The molecule has 1 aliphatic heterocycles. The molecule has 1 heterocycles. The summed E-state index contributed by atoms with van der Waals surface area (Å²) in [5.41, 5.74) is 0. The van der Waals surface area contributed by atoms with Crippen LogP contribution >= 0.6 is 0 Å². The minimum Gasteiger partial charge on any atom is -0.481 e. The van der Waals surface area contributed by atoms with Crippen molar-refractivity contribution in [2.45, 2.75) is 44.7 Å². The van der Waals surface area contributed by atoms with Gasteiger partial charge in [-0.1, -0.05) is 6.92 Å². The van der Waals surface area contributed by atoms with Gasteiger partial charge in [-0.25, -0.2) is 8.42 Å². The van der Waals surface area contributed by atoms with E-state index in [-0.39, 0.29) is 24.0 Å². The van der Waals surface area contributed by atoms with Crippen molar-refractivity contribution in [1.82, 2.24) is 4.90 Å². The first-order valence-electron chi connectivity index (χ1n) is 6.55. The number of nitrogens with zero attached hydrogens (tertiary/aromatic N) is 1. The lowest BCUT2D eigenvalue weighted by Crippen LogP contribution is -2.53. The van der Waals surface area contributed by atoms with Crippen LogP contribution in [0, 0.1) is 5.92 Å². The molecule has 1 N–H and O–H groups in total. The lowest BCUT2D eigenvalue weighted by Gasteiger charge is -2.39. The Balaban J connectivity index is 2.09. The highest BCUT2D eigenvalue weighted by Gasteiger charge is 2.38. The van der Waals surface area contributed by atoms with Gasteiger partial charge in [0.2, 0.25) is 0 Å². The van der Waals surface area contributed by atoms with Gasteiger partial charge in [0, 0.05) is 18.6 Å². The standard InChI is InChI=1S/C12H21NO4S/c1-9-2-3-10(6-9)13-4-5-18(16,17)8-11(13)7-12(14)15/h9-11H,2-8H2,1H3,(H,14,15). The molecule has 1 saturated heterocycles. The molecule has 5 nitrogen and oxygen atoms in total. The third kappa shape index (κ3) is 3.23. The molecule has 3 atom stereocenters. The zero-order chi connectivity index (χ0) is 13.3. The molecule has 0 aromatic carbocycles. The molecule has 104 valence electrons. The van der Waals surface area contributed by atoms with Gasteiger partial charge in [0.1, 0.15) is 0 Å². The van der Waals surface area contributed by atoms with Gasteiger partial charge in [0.05, 0.1) is 17.9 Å². The molecule has 0 aromatic rings. The zero-order valence-corrected chi connectivity index (χ0v) is 11.5. The smallest absolute Gasteiger partial charge is 0.304 e. The average Bonchev–Trinajstić information content (AvgIpc) is 2.62. The number of hydrogen-bond acceptors (Lipinski definition) is 4. The fourth-order valence-electron chi connectivity index (χ4n) is 3.24. The van der Waals surface area contributed by atoms with E-state index in [1.54, 1.807) is 0 Å². The largest absolute Gasteiger partial charge is 0.481 e. The molecular formula is C12H21NO4S. The van der Waals surface area contributed by atoms with Crippen molar-refractivity contribution >= 4 is 15.8 Å². The Bertz CT molecular complexity index is 420. The van der Waals surface area contributed by atoms with Crippen LogP contribution < -0.4 is 0 Å². The van der Waals surface area contributed by atoms with Crippen LogP contribution in [0.15, 0.2) is 0 Å². The van der Waals surface area contributed by atoms with Crippen LogP contribution in [-0.2, 0) is 14.6 Å². The van der Waals surface area contributed by atoms with Crippen molar-refractivity contribution in [1.29, 1.82) is 0 Å². The normalized spacial score (nSPS) is 36.6. The Morgan fingerprint density at radius 2 is 2.11 bits per heavy atom. The highest BCUT2D eigenvalue weighted by Crippen LogP contribution is 2.32. The van der Waals surface area contributed by atoms with Gasteiger partial charge in [0.15, 0.2) is 9.84 Å². The van der Waals surface area contributed by atoms with E-state index in [1.165, 1.54) is 0 Å². The van der Waals surface area contributed by atoms with E-state index in [0.717, 1.165) is 19.3 Å². The minimum absolute atomic E-state index is 0.00415. The summed E-state index contributed by atoms with van der Waals surface area (Å²) in [5.74, 6) is -0.0646. The molecule has 0 spiro atoms. The summed E-state index contributed by atoms with van der Waals surface area (Å²) in [6, 6.07) is 0.0383. The molecule has 1 aliphatic carbocycles. The van der Waals surface area contributed by atoms with E-state index in [9.17, 15) is 13.2 Å². The molecule has 0 radical (unpaired) electrons.